The van der Waals surface area contributed by atoms with Gasteiger partial charge in [0.25, 0.3) is 5.56 Å². The molecular weight excluding hydrogens is 402 g/mol. The first-order chi connectivity index (χ1) is 14.3. The van der Waals surface area contributed by atoms with Gasteiger partial charge in [-0.25, -0.2) is 18.1 Å². The molecule has 0 bridgehead atoms. The maximum atomic E-state index is 12.8. The molecule has 0 amide bonds. The molecule has 3 fully saturated rings. The summed E-state index contributed by atoms with van der Waals surface area (Å²) < 4.78 is 27.5. The van der Waals surface area contributed by atoms with E-state index < -0.39 is 10.0 Å². The number of sulfonamides is 1. The van der Waals surface area contributed by atoms with Crippen LogP contribution >= 0.6 is 0 Å². The maximum Gasteiger partial charge on any atom is 0.252 e. The number of rotatable bonds is 5. The Hall–Kier alpha value is -2.00. The molecule has 2 heterocycles. The molecule has 30 heavy (non-hydrogen) atoms. The summed E-state index contributed by atoms with van der Waals surface area (Å²) in [7, 11) is -3.17. The molecule has 2 aromatic rings. The van der Waals surface area contributed by atoms with Crippen molar-refractivity contribution in [3.63, 3.8) is 0 Å². The van der Waals surface area contributed by atoms with Gasteiger partial charge in [-0.1, -0.05) is 6.42 Å². The Kier molecular flexibility index (Phi) is 4.85. The smallest absolute Gasteiger partial charge is 0.252 e. The monoisotopic (exact) mass is 431 g/mol. The molecular formula is C21H29N5O3S. The first-order valence-corrected chi connectivity index (χ1v) is 12.8. The molecule has 5 rings (SSSR count). The fourth-order valence-electron chi connectivity index (χ4n) is 5.52. The first-order valence-electron chi connectivity index (χ1n) is 11.0. The van der Waals surface area contributed by atoms with Crippen molar-refractivity contribution in [1.29, 1.82) is 0 Å². The Morgan fingerprint density at radius 2 is 1.80 bits per heavy atom. The van der Waals surface area contributed by atoms with Crippen LogP contribution in [0.15, 0.2) is 23.1 Å². The molecule has 1 unspecified atom stereocenters. The number of anilines is 1. The van der Waals surface area contributed by atoms with Crippen molar-refractivity contribution in [1.82, 2.24) is 19.3 Å². The second kappa shape index (κ2) is 7.30. The SMILES string of the molecule is CS(=O)(=O)NC1CCC(Nc2ncc3ccc(=O)n(C4CCCC45CC5)c3n2)CC1. The summed E-state index contributed by atoms with van der Waals surface area (Å²) in [5.74, 6) is 0.546. The highest BCUT2D eigenvalue weighted by Crippen LogP contribution is 2.63. The lowest BCUT2D eigenvalue weighted by Gasteiger charge is -2.29. The van der Waals surface area contributed by atoms with Crippen molar-refractivity contribution in [2.45, 2.75) is 75.9 Å². The molecule has 162 valence electrons. The van der Waals surface area contributed by atoms with E-state index >= 15 is 0 Å². The Balaban J connectivity index is 1.37. The van der Waals surface area contributed by atoms with Crippen LogP contribution in [0, 0.1) is 5.41 Å². The third-order valence-corrected chi connectivity index (χ3v) is 7.93. The van der Waals surface area contributed by atoms with E-state index in [1.54, 1.807) is 12.3 Å². The van der Waals surface area contributed by atoms with Crippen molar-refractivity contribution in [2.75, 3.05) is 11.6 Å². The maximum absolute atomic E-state index is 12.8. The fraction of sp³-hybridized carbons (Fsp3) is 0.667. The van der Waals surface area contributed by atoms with Crippen LogP contribution in [0.1, 0.15) is 63.8 Å². The van der Waals surface area contributed by atoms with Gasteiger partial charge in [0.2, 0.25) is 16.0 Å². The third kappa shape index (κ3) is 3.85. The molecule has 2 aromatic heterocycles. The van der Waals surface area contributed by atoms with Crippen molar-refractivity contribution < 1.29 is 8.42 Å². The Bertz CT molecular complexity index is 1120. The summed E-state index contributed by atoms with van der Waals surface area (Å²) in [6.07, 6.45) is 12.1. The predicted molar refractivity (Wildman–Crippen MR) is 116 cm³/mol. The van der Waals surface area contributed by atoms with Crippen LogP contribution in [-0.4, -0.2) is 41.3 Å². The van der Waals surface area contributed by atoms with Gasteiger partial charge in [-0.2, -0.15) is 4.98 Å². The van der Waals surface area contributed by atoms with Gasteiger partial charge in [0, 0.05) is 35.8 Å². The molecule has 0 aromatic carbocycles. The van der Waals surface area contributed by atoms with Gasteiger partial charge in [-0.05, 0) is 62.8 Å². The zero-order valence-electron chi connectivity index (χ0n) is 17.3. The number of hydrogen-bond acceptors (Lipinski definition) is 6. The molecule has 2 N–H and O–H groups in total. The summed E-state index contributed by atoms with van der Waals surface area (Å²) >= 11 is 0. The molecule has 1 spiro atoms. The zero-order valence-corrected chi connectivity index (χ0v) is 18.1. The predicted octanol–water partition coefficient (Wildman–Crippen LogP) is 2.57. The normalized spacial score (nSPS) is 28.1. The van der Waals surface area contributed by atoms with Gasteiger partial charge in [0.1, 0.15) is 5.65 Å². The van der Waals surface area contributed by atoms with E-state index in [-0.39, 0.29) is 23.7 Å². The lowest BCUT2D eigenvalue weighted by atomic mass is 9.92. The molecule has 0 aliphatic heterocycles. The largest absolute Gasteiger partial charge is 0.351 e. The summed E-state index contributed by atoms with van der Waals surface area (Å²) in [4.78, 5) is 22.1. The summed E-state index contributed by atoms with van der Waals surface area (Å²) in [5.41, 5.74) is 1.06. The number of nitrogens with one attached hydrogen (secondary N) is 2. The number of nitrogens with zero attached hydrogens (tertiary/aromatic N) is 3. The van der Waals surface area contributed by atoms with Crippen LogP contribution in [0.4, 0.5) is 5.95 Å². The van der Waals surface area contributed by atoms with Crippen molar-refractivity contribution >= 4 is 27.0 Å². The van der Waals surface area contributed by atoms with Gasteiger partial charge in [-0.15, -0.1) is 0 Å². The van der Waals surface area contributed by atoms with Crippen LogP contribution < -0.4 is 15.6 Å². The highest BCUT2D eigenvalue weighted by Gasteiger charge is 2.53. The average molecular weight is 432 g/mol. The van der Waals surface area contributed by atoms with Crippen LogP contribution in [0.5, 0.6) is 0 Å². The summed E-state index contributed by atoms with van der Waals surface area (Å²) in [6.45, 7) is 0. The zero-order chi connectivity index (χ0) is 20.9. The van der Waals surface area contributed by atoms with Gasteiger partial charge >= 0.3 is 0 Å². The van der Waals surface area contributed by atoms with E-state index in [9.17, 15) is 13.2 Å². The summed E-state index contributed by atoms with van der Waals surface area (Å²) in [6, 6.07) is 3.90. The van der Waals surface area contributed by atoms with Crippen LogP contribution in [-0.2, 0) is 10.0 Å². The minimum atomic E-state index is -3.17. The molecule has 3 aliphatic carbocycles. The van der Waals surface area contributed by atoms with E-state index in [0.717, 1.165) is 43.1 Å². The van der Waals surface area contributed by atoms with Crippen molar-refractivity contribution in [3.05, 3.63) is 28.7 Å². The number of hydrogen-bond donors (Lipinski definition) is 2. The van der Waals surface area contributed by atoms with E-state index in [1.165, 1.54) is 31.9 Å². The molecule has 3 aliphatic rings. The highest BCUT2D eigenvalue weighted by molar-refractivity contribution is 7.88. The molecule has 8 nitrogen and oxygen atoms in total. The van der Waals surface area contributed by atoms with E-state index in [0.29, 0.717) is 11.4 Å². The highest BCUT2D eigenvalue weighted by atomic mass is 32.2. The minimum Gasteiger partial charge on any atom is -0.351 e. The number of fused-ring (bicyclic) bond motifs is 1. The lowest BCUT2D eigenvalue weighted by Crippen LogP contribution is -2.39. The Labute approximate surface area is 176 Å². The van der Waals surface area contributed by atoms with E-state index in [4.69, 9.17) is 4.98 Å². The van der Waals surface area contributed by atoms with Gasteiger partial charge in [-0.3, -0.25) is 9.36 Å². The van der Waals surface area contributed by atoms with Crippen molar-refractivity contribution in [2.24, 2.45) is 5.41 Å². The van der Waals surface area contributed by atoms with Gasteiger partial charge in [0.15, 0.2) is 0 Å². The molecule has 0 saturated heterocycles. The molecule has 9 heteroatoms. The summed E-state index contributed by atoms with van der Waals surface area (Å²) in [5, 5.41) is 4.31. The van der Waals surface area contributed by atoms with Gasteiger partial charge < -0.3 is 5.32 Å². The molecule has 1 atom stereocenters. The quantitative estimate of drug-likeness (QED) is 0.754. The lowest BCUT2D eigenvalue weighted by molar-refractivity contribution is 0.358. The topological polar surface area (TPSA) is 106 Å². The molecule has 0 radical (unpaired) electrons. The first kappa shape index (κ1) is 19.9. The fourth-order valence-corrected chi connectivity index (χ4v) is 6.36. The second-order valence-electron chi connectivity index (χ2n) is 9.37. The van der Waals surface area contributed by atoms with Crippen LogP contribution in [0.25, 0.3) is 11.0 Å². The van der Waals surface area contributed by atoms with Crippen LogP contribution in [0.2, 0.25) is 0 Å². The minimum absolute atomic E-state index is 0.00199. The third-order valence-electron chi connectivity index (χ3n) is 7.17. The standard InChI is InChI=1S/C21H29N5O3S/c1-30(28,29)25-16-7-5-15(6-8-16)23-20-22-13-14-4-9-18(27)26(19(14)24-20)17-3-2-10-21(17)11-12-21/h4,9,13,15-17,25H,2-3,5-8,10-12H2,1H3,(H,22,23,24). The van der Waals surface area contributed by atoms with Gasteiger partial charge in [0.05, 0.1) is 6.26 Å². The number of pyridine rings is 1. The van der Waals surface area contributed by atoms with E-state index in [2.05, 4.69) is 15.0 Å². The Morgan fingerprint density at radius 3 is 2.50 bits per heavy atom. The molecule has 3 saturated carbocycles. The Morgan fingerprint density at radius 1 is 1.07 bits per heavy atom. The van der Waals surface area contributed by atoms with Crippen molar-refractivity contribution in [3.8, 4) is 0 Å². The number of aromatic nitrogens is 3. The average Bonchev–Trinajstić information content (AvgIpc) is 3.35. The van der Waals surface area contributed by atoms with Crippen LogP contribution in [0.3, 0.4) is 0 Å². The second-order valence-corrected chi connectivity index (χ2v) is 11.1. The van der Waals surface area contributed by atoms with E-state index in [1.807, 2.05) is 10.6 Å².